The van der Waals surface area contributed by atoms with Gasteiger partial charge >= 0.3 is 0 Å². The first-order chi connectivity index (χ1) is 16.1. The maximum atomic E-state index is 5.37. The van der Waals surface area contributed by atoms with Gasteiger partial charge in [0.25, 0.3) is 0 Å². The van der Waals surface area contributed by atoms with E-state index >= 15 is 0 Å². The van der Waals surface area contributed by atoms with Gasteiger partial charge in [-0.05, 0) is 68.0 Å². The highest BCUT2D eigenvalue weighted by atomic mass is 16.5. The SMILES string of the molecule is C.COc1cc(CNCC2CCC(Nc3nc(N(C)C)c4ccccc4n3)CC2)cc(OC)c1. The topological polar surface area (TPSA) is 71.5 Å². The molecule has 0 atom stereocenters. The lowest BCUT2D eigenvalue weighted by atomic mass is 9.86. The number of benzene rings is 2. The number of methoxy groups -OCH3 is 2. The molecule has 7 nitrogen and oxygen atoms in total. The third-order valence-electron chi connectivity index (χ3n) is 6.36. The minimum Gasteiger partial charge on any atom is -0.497 e. The van der Waals surface area contributed by atoms with Crippen LogP contribution in [-0.4, -0.2) is 50.9 Å². The second-order valence-electron chi connectivity index (χ2n) is 9.00. The number of rotatable bonds is 9. The van der Waals surface area contributed by atoms with Crippen LogP contribution in [0, 0.1) is 5.92 Å². The van der Waals surface area contributed by atoms with Crippen LogP contribution in [0.15, 0.2) is 42.5 Å². The monoisotopic (exact) mass is 465 g/mol. The van der Waals surface area contributed by atoms with E-state index in [9.17, 15) is 0 Å². The minimum absolute atomic E-state index is 0. The van der Waals surface area contributed by atoms with Gasteiger partial charge in [0.15, 0.2) is 0 Å². The van der Waals surface area contributed by atoms with Crippen molar-refractivity contribution >= 4 is 22.7 Å². The van der Waals surface area contributed by atoms with Gasteiger partial charge in [-0.1, -0.05) is 19.6 Å². The van der Waals surface area contributed by atoms with E-state index in [4.69, 9.17) is 19.4 Å². The Labute approximate surface area is 203 Å². The van der Waals surface area contributed by atoms with Gasteiger partial charge in [0, 0.05) is 38.1 Å². The smallest absolute Gasteiger partial charge is 0.225 e. The van der Waals surface area contributed by atoms with Crippen molar-refractivity contribution < 1.29 is 9.47 Å². The van der Waals surface area contributed by atoms with Gasteiger partial charge in [0.05, 0.1) is 19.7 Å². The molecule has 0 amide bonds. The number of anilines is 2. The van der Waals surface area contributed by atoms with Crippen LogP contribution in [0.1, 0.15) is 38.7 Å². The summed E-state index contributed by atoms with van der Waals surface area (Å²) in [5.74, 6) is 4.02. The Morgan fingerprint density at radius 1 is 0.941 bits per heavy atom. The molecule has 2 N–H and O–H groups in total. The van der Waals surface area contributed by atoms with Crippen molar-refractivity contribution in [2.75, 3.05) is 45.1 Å². The summed E-state index contributed by atoms with van der Waals surface area (Å²) in [7, 11) is 7.42. The molecule has 0 saturated heterocycles. The van der Waals surface area contributed by atoms with Gasteiger partial charge < -0.3 is 25.0 Å². The zero-order chi connectivity index (χ0) is 23.2. The zero-order valence-corrected chi connectivity index (χ0v) is 20.1. The lowest BCUT2D eigenvalue weighted by Gasteiger charge is -2.29. The Bertz CT molecular complexity index is 1040. The molecule has 2 aromatic carbocycles. The van der Waals surface area contributed by atoms with Gasteiger partial charge in [-0.25, -0.2) is 4.98 Å². The molecule has 3 aromatic rings. The highest BCUT2D eigenvalue weighted by molar-refractivity contribution is 5.90. The van der Waals surface area contributed by atoms with E-state index in [1.54, 1.807) is 14.2 Å². The van der Waals surface area contributed by atoms with Gasteiger partial charge in [-0.15, -0.1) is 0 Å². The Morgan fingerprint density at radius 2 is 1.62 bits per heavy atom. The fourth-order valence-corrected chi connectivity index (χ4v) is 4.55. The Balaban J connectivity index is 0.00000324. The van der Waals surface area contributed by atoms with Crippen LogP contribution in [0.5, 0.6) is 11.5 Å². The fourth-order valence-electron chi connectivity index (χ4n) is 4.55. The van der Waals surface area contributed by atoms with Crippen LogP contribution in [0.3, 0.4) is 0 Å². The zero-order valence-electron chi connectivity index (χ0n) is 20.1. The summed E-state index contributed by atoms with van der Waals surface area (Å²) in [6, 6.07) is 14.6. The van der Waals surface area contributed by atoms with E-state index < -0.39 is 0 Å². The fraction of sp³-hybridized carbons (Fsp3) is 0.481. The molecule has 0 radical (unpaired) electrons. The summed E-state index contributed by atoms with van der Waals surface area (Å²) in [6.45, 7) is 1.83. The molecule has 1 heterocycles. The van der Waals surface area contributed by atoms with Crippen LogP contribution in [0.25, 0.3) is 10.9 Å². The molecule has 1 aromatic heterocycles. The quantitative estimate of drug-likeness (QED) is 0.455. The highest BCUT2D eigenvalue weighted by Crippen LogP contribution is 2.28. The molecule has 0 unspecified atom stereocenters. The number of ether oxygens (including phenoxy) is 2. The van der Waals surface area contributed by atoms with Crippen LogP contribution >= 0.6 is 0 Å². The van der Waals surface area contributed by atoms with E-state index in [-0.39, 0.29) is 7.43 Å². The predicted octanol–water partition coefficient (Wildman–Crippen LogP) is 5.11. The molecule has 34 heavy (non-hydrogen) atoms. The molecule has 0 bridgehead atoms. The second kappa shape index (κ2) is 11.9. The number of para-hydroxylation sites is 1. The van der Waals surface area contributed by atoms with E-state index in [1.165, 1.54) is 18.4 Å². The van der Waals surface area contributed by atoms with Crippen molar-refractivity contribution in [2.45, 2.75) is 45.7 Å². The highest BCUT2D eigenvalue weighted by Gasteiger charge is 2.22. The molecule has 7 heteroatoms. The van der Waals surface area contributed by atoms with Crippen LogP contribution < -0.4 is 25.0 Å². The maximum absolute atomic E-state index is 5.37. The first kappa shape index (κ1) is 25.6. The van der Waals surface area contributed by atoms with Crippen molar-refractivity contribution in [1.29, 1.82) is 0 Å². The van der Waals surface area contributed by atoms with Crippen LogP contribution in [-0.2, 0) is 6.54 Å². The molecular weight excluding hydrogens is 426 g/mol. The number of nitrogens with one attached hydrogen (secondary N) is 2. The van der Waals surface area contributed by atoms with Crippen LogP contribution in [0.4, 0.5) is 11.8 Å². The first-order valence-corrected chi connectivity index (χ1v) is 11.7. The van der Waals surface area contributed by atoms with Crippen molar-refractivity contribution in [3.63, 3.8) is 0 Å². The average Bonchev–Trinajstić information content (AvgIpc) is 2.84. The molecule has 0 aliphatic heterocycles. The lowest BCUT2D eigenvalue weighted by Crippen LogP contribution is -2.31. The molecule has 1 fully saturated rings. The van der Waals surface area contributed by atoms with Crippen molar-refractivity contribution in [3.8, 4) is 11.5 Å². The number of aromatic nitrogens is 2. The minimum atomic E-state index is 0. The van der Waals surface area contributed by atoms with Crippen LogP contribution in [0.2, 0.25) is 0 Å². The molecule has 1 aliphatic rings. The van der Waals surface area contributed by atoms with E-state index in [1.807, 2.05) is 32.3 Å². The third kappa shape index (κ3) is 6.29. The number of nitrogens with zero attached hydrogens (tertiary/aromatic N) is 3. The lowest BCUT2D eigenvalue weighted by molar-refractivity contribution is 0.323. The first-order valence-electron chi connectivity index (χ1n) is 11.7. The van der Waals surface area contributed by atoms with E-state index in [0.29, 0.717) is 12.0 Å². The molecular formula is C27H39N5O2. The average molecular weight is 466 g/mol. The summed E-state index contributed by atoms with van der Waals surface area (Å²) in [5.41, 5.74) is 2.15. The number of hydrogen-bond acceptors (Lipinski definition) is 7. The second-order valence-corrected chi connectivity index (χ2v) is 9.00. The Kier molecular flexibility index (Phi) is 8.93. The van der Waals surface area contributed by atoms with Crippen molar-refractivity contribution in [2.24, 2.45) is 5.92 Å². The maximum Gasteiger partial charge on any atom is 0.225 e. The largest absolute Gasteiger partial charge is 0.497 e. The molecule has 184 valence electrons. The van der Waals surface area contributed by atoms with Gasteiger partial charge in [0.2, 0.25) is 5.95 Å². The molecule has 1 aliphatic carbocycles. The summed E-state index contributed by atoms with van der Waals surface area (Å²) in [5, 5.41) is 8.30. The van der Waals surface area contributed by atoms with E-state index in [2.05, 4.69) is 39.8 Å². The molecule has 0 spiro atoms. The summed E-state index contributed by atoms with van der Waals surface area (Å²) >= 11 is 0. The normalized spacial score (nSPS) is 17.6. The van der Waals surface area contributed by atoms with E-state index in [0.717, 1.165) is 60.1 Å². The Hall–Kier alpha value is -3.06. The molecule has 4 rings (SSSR count). The van der Waals surface area contributed by atoms with Crippen molar-refractivity contribution in [3.05, 3.63) is 48.0 Å². The predicted molar refractivity (Wildman–Crippen MR) is 141 cm³/mol. The van der Waals surface area contributed by atoms with Crippen molar-refractivity contribution in [1.82, 2.24) is 15.3 Å². The van der Waals surface area contributed by atoms with Gasteiger partial charge in [0.1, 0.15) is 17.3 Å². The molecule has 1 saturated carbocycles. The number of hydrogen-bond donors (Lipinski definition) is 2. The van der Waals surface area contributed by atoms with Gasteiger partial charge in [-0.3, -0.25) is 0 Å². The Morgan fingerprint density at radius 3 is 2.26 bits per heavy atom. The summed E-state index contributed by atoms with van der Waals surface area (Å²) in [6.07, 6.45) is 4.65. The standard InChI is InChI=1S/C26H35N5O2.CH4/c1-31(2)25-23-7-5-6-8-24(23)29-26(30-25)28-20-11-9-18(10-12-20)16-27-17-19-13-21(32-3)15-22(14-19)33-4;/h5-8,13-15,18,20,27H,9-12,16-17H2,1-4H3,(H,28,29,30);1H4. The summed E-state index contributed by atoms with van der Waals surface area (Å²) < 4.78 is 10.7. The number of fused-ring (bicyclic) bond motifs is 1. The third-order valence-corrected chi connectivity index (χ3v) is 6.36. The summed E-state index contributed by atoms with van der Waals surface area (Å²) in [4.78, 5) is 11.6. The van der Waals surface area contributed by atoms with Gasteiger partial charge in [-0.2, -0.15) is 4.98 Å².